The van der Waals surface area contributed by atoms with Gasteiger partial charge in [0, 0.05) is 11.6 Å². The van der Waals surface area contributed by atoms with Crippen molar-refractivity contribution in [1.82, 2.24) is 10.7 Å². The Bertz CT molecular complexity index is 872. The molecule has 0 heterocycles. The molecule has 0 bridgehead atoms. The molecule has 28 heavy (non-hydrogen) atoms. The van der Waals surface area contributed by atoms with Crippen LogP contribution in [0.3, 0.4) is 0 Å². The first-order chi connectivity index (χ1) is 13.4. The molecule has 0 aromatic heterocycles. The van der Waals surface area contributed by atoms with Gasteiger partial charge in [-0.2, -0.15) is 5.10 Å². The molecule has 0 atom stereocenters. The molecule has 7 nitrogen and oxygen atoms in total. The van der Waals surface area contributed by atoms with Crippen molar-refractivity contribution < 1.29 is 19.1 Å². The molecule has 2 N–H and O–H groups in total. The predicted molar refractivity (Wildman–Crippen MR) is 116 cm³/mol. The van der Waals surface area contributed by atoms with Gasteiger partial charge in [0.05, 0.1) is 16.9 Å². The Balaban J connectivity index is 2.07. The summed E-state index contributed by atoms with van der Waals surface area (Å²) in [5.74, 6) is -0.445. The molecule has 0 spiro atoms. The zero-order chi connectivity index (χ0) is 20.5. The van der Waals surface area contributed by atoms with Crippen LogP contribution in [0.1, 0.15) is 18.1 Å². The first kappa shape index (κ1) is 22.0. The second-order valence-corrected chi connectivity index (χ2v) is 7.11. The molecule has 2 rings (SSSR count). The van der Waals surface area contributed by atoms with E-state index >= 15 is 0 Å². The lowest BCUT2D eigenvalue weighted by atomic mass is 10.2. The lowest BCUT2D eigenvalue weighted by Crippen LogP contribution is -2.37. The largest absolute Gasteiger partial charge is 0.493 e. The van der Waals surface area contributed by atoms with Gasteiger partial charge in [0.15, 0.2) is 11.5 Å². The summed E-state index contributed by atoms with van der Waals surface area (Å²) in [5.41, 5.74) is 3.82. The van der Waals surface area contributed by atoms with E-state index in [0.29, 0.717) is 35.2 Å². The number of nitrogens with one attached hydrogen (secondary N) is 2. The Labute approximate surface area is 181 Å². The smallest absolute Gasteiger partial charge is 0.329 e. The van der Waals surface area contributed by atoms with Crippen molar-refractivity contribution in [3.05, 3.63) is 56.1 Å². The fourth-order valence-corrected chi connectivity index (χ4v) is 3.05. The molecule has 9 heteroatoms. The SMILES string of the molecule is CCNC(=O)C(=O)N/N=C\c1cc(I)c(OCc2ccc(Cl)cc2)c(OC)c1. The zero-order valence-electron chi connectivity index (χ0n) is 15.3. The van der Waals surface area contributed by atoms with E-state index in [1.165, 1.54) is 6.21 Å². The van der Waals surface area contributed by atoms with Gasteiger partial charge in [-0.3, -0.25) is 9.59 Å². The molecule has 2 aromatic carbocycles. The lowest BCUT2D eigenvalue weighted by molar-refractivity contribution is -0.139. The highest BCUT2D eigenvalue weighted by Gasteiger charge is 2.13. The van der Waals surface area contributed by atoms with Gasteiger partial charge in [-0.25, -0.2) is 5.43 Å². The highest BCUT2D eigenvalue weighted by Crippen LogP contribution is 2.34. The summed E-state index contributed by atoms with van der Waals surface area (Å²) in [6.45, 7) is 2.45. The number of carbonyl (C=O) groups is 2. The van der Waals surface area contributed by atoms with E-state index in [-0.39, 0.29) is 0 Å². The zero-order valence-corrected chi connectivity index (χ0v) is 18.2. The van der Waals surface area contributed by atoms with Crippen LogP contribution in [0.4, 0.5) is 0 Å². The Morgan fingerprint density at radius 1 is 1.21 bits per heavy atom. The van der Waals surface area contributed by atoms with E-state index in [1.54, 1.807) is 32.2 Å². The third kappa shape index (κ3) is 6.38. The number of likely N-dealkylation sites (N-methyl/N-ethyl adjacent to an activating group) is 1. The molecule has 0 saturated heterocycles. The minimum absolute atomic E-state index is 0.361. The molecule has 0 unspecified atom stereocenters. The standard InChI is InChI=1S/C19H19ClIN3O4/c1-3-22-18(25)19(26)24-23-10-13-8-15(21)17(16(9-13)27-2)28-11-12-4-6-14(20)7-5-12/h4-10H,3,11H2,1-2H3,(H,22,25)(H,24,26)/b23-10-. The predicted octanol–water partition coefficient (Wildman–Crippen LogP) is 3.12. The Morgan fingerprint density at radius 2 is 1.93 bits per heavy atom. The maximum atomic E-state index is 11.5. The van der Waals surface area contributed by atoms with Crippen LogP contribution in [0.2, 0.25) is 5.02 Å². The first-order valence-electron chi connectivity index (χ1n) is 8.30. The molecular formula is C19H19ClIN3O4. The Hall–Kier alpha value is -2.33. The van der Waals surface area contributed by atoms with Crippen LogP contribution in [0.5, 0.6) is 11.5 Å². The van der Waals surface area contributed by atoms with Crippen LogP contribution in [0.15, 0.2) is 41.5 Å². The minimum Gasteiger partial charge on any atom is -0.493 e. The van der Waals surface area contributed by atoms with Crippen molar-refractivity contribution in [2.75, 3.05) is 13.7 Å². The van der Waals surface area contributed by atoms with Crippen molar-refractivity contribution in [3.8, 4) is 11.5 Å². The second kappa shape index (κ2) is 10.9. The summed E-state index contributed by atoms with van der Waals surface area (Å²) in [4.78, 5) is 22.9. The molecule has 0 aliphatic heterocycles. The van der Waals surface area contributed by atoms with Crippen LogP contribution in [0, 0.1) is 3.57 Å². The molecule has 2 amide bonds. The molecule has 0 aliphatic carbocycles. The van der Waals surface area contributed by atoms with E-state index in [2.05, 4.69) is 38.4 Å². The average molecular weight is 516 g/mol. The van der Waals surface area contributed by atoms with Gasteiger partial charge in [0.2, 0.25) is 0 Å². The van der Waals surface area contributed by atoms with Crippen LogP contribution in [-0.4, -0.2) is 31.7 Å². The van der Waals surface area contributed by atoms with Crippen molar-refractivity contribution in [3.63, 3.8) is 0 Å². The molecular weight excluding hydrogens is 497 g/mol. The lowest BCUT2D eigenvalue weighted by Gasteiger charge is -2.13. The number of hydrogen-bond donors (Lipinski definition) is 2. The number of carbonyl (C=O) groups excluding carboxylic acids is 2. The van der Waals surface area contributed by atoms with E-state index < -0.39 is 11.8 Å². The number of halogens is 2. The average Bonchev–Trinajstić information content (AvgIpc) is 2.68. The van der Waals surface area contributed by atoms with Crippen molar-refractivity contribution in [2.45, 2.75) is 13.5 Å². The highest BCUT2D eigenvalue weighted by atomic mass is 127. The molecule has 0 radical (unpaired) electrons. The fourth-order valence-electron chi connectivity index (χ4n) is 2.15. The normalized spacial score (nSPS) is 10.6. The first-order valence-corrected chi connectivity index (χ1v) is 9.76. The molecule has 0 aliphatic rings. The number of hydrogen-bond acceptors (Lipinski definition) is 5. The van der Waals surface area contributed by atoms with E-state index in [1.807, 2.05) is 18.2 Å². The minimum atomic E-state index is -0.831. The third-order valence-corrected chi connectivity index (χ3v) is 4.52. The number of hydrazone groups is 1. The molecule has 2 aromatic rings. The van der Waals surface area contributed by atoms with Gasteiger partial charge in [0.1, 0.15) is 6.61 Å². The summed E-state index contributed by atoms with van der Waals surface area (Å²) in [7, 11) is 1.54. The maximum Gasteiger partial charge on any atom is 0.329 e. The third-order valence-electron chi connectivity index (χ3n) is 3.47. The van der Waals surface area contributed by atoms with Crippen LogP contribution < -0.4 is 20.2 Å². The van der Waals surface area contributed by atoms with Crippen LogP contribution >= 0.6 is 34.2 Å². The number of nitrogens with zero attached hydrogens (tertiary/aromatic N) is 1. The number of methoxy groups -OCH3 is 1. The number of amides is 2. The van der Waals surface area contributed by atoms with Gasteiger partial charge >= 0.3 is 11.8 Å². The van der Waals surface area contributed by atoms with E-state index in [4.69, 9.17) is 21.1 Å². The summed E-state index contributed by atoms with van der Waals surface area (Å²) in [5, 5.41) is 6.85. The Kier molecular flexibility index (Phi) is 8.52. The summed E-state index contributed by atoms with van der Waals surface area (Å²) in [6, 6.07) is 10.9. The monoisotopic (exact) mass is 515 g/mol. The van der Waals surface area contributed by atoms with Crippen molar-refractivity contribution in [2.24, 2.45) is 5.10 Å². The van der Waals surface area contributed by atoms with Crippen LogP contribution in [0.25, 0.3) is 0 Å². The number of ether oxygens (including phenoxy) is 2. The quantitative estimate of drug-likeness (QED) is 0.257. The van der Waals surface area contributed by atoms with Crippen LogP contribution in [-0.2, 0) is 16.2 Å². The molecule has 0 fully saturated rings. The summed E-state index contributed by atoms with van der Waals surface area (Å²) < 4.78 is 12.1. The van der Waals surface area contributed by atoms with Crippen molar-refractivity contribution in [1.29, 1.82) is 0 Å². The number of benzene rings is 2. The molecule has 0 saturated carbocycles. The van der Waals surface area contributed by atoms with Gasteiger partial charge < -0.3 is 14.8 Å². The Morgan fingerprint density at radius 3 is 2.57 bits per heavy atom. The highest BCUT2D eigenvalue weighted by molar-refractivity contribution is 14.1. The van der Waals surface area contributed by atoms with Gasteiger partial charge in [-0.05, 0) is 64.9 Å². The van der Waals surface area contributed by atoms with E-state index in [0.717, 1.165) is 9.13 Å². The topological polar surface area (TPSA) is 89.0 Å². The van der Waals surface area contributed by atoms with Gasteiger partial charge in [-0.1, -0.05) is 23.7 Å². The second-order valence-electron chi connectivity index (χ2n) is 5.51. The summed E-state index contributed by atoms with van der Waals surface area (Å²) >= 11 is 8.02. The van der Waals surface area contributed by atoms with Gasteiger partial charge in [-0.15, -0.1) is 0 Å². The fraction of sp³-hybridized carbons (Fsp3) is 0.211. The maximum absolute atomic E-state index is 11.5. The summed E-state index contributed by atoms with van der Waals surface area (Å²) in [6.07, 6.45) is 1.42. The van der Waals surface area contributed by atoms with Crippen molar-refractivity contribution >= 4 is 52.2 Å². The number of rotatable bonds is 7. The molecule has 148 valence electrons. The van der Waals surface area contributed by atoms with Gasteiger partial charge in [0.25, 0.3) is 0 Å². The van der Waals surface area contributed by atoms with E-state index in [9.17, 15) is 9.59 Å².